The third-order valence-electron chi connectivity index (χ3n) is 5.64. The molecule has 1 aromatic heterocycles. The number of thioether (sulfide) groups is 1. The molecule has 31 heavy (non-hydrogen) atoms. The normalized spacial score (nSPS) is 14.3. The minimum atomic E-state index is 0.271. The molecule has 2 aromatic carbocycles. The first-order valence-electron chi connectivity index (χ1n) is 10.9. The van der Waals surface area contributed by atoms with E-state index in [2.05, 4.69) is 42.2 Å². The molecule has 0 atom stereocenters. The molecule has 0 spiro atoms. The van der Waals surface area contributed by atoms with Crippen LogP contribution in [0.1, 0.15) is 25.3 Å². The Morgan fingerprint density at radius 1 is 1.13 bits per heavy atom. The summed E-state index contributed by atoms with van der Waals surface area (Å²) in [5.41, 5.74) is 2.44. The van der Waals surface area contributed by atoms with Gasteiger partial charge in [-0.3, -0.25) is 4.79 Å². The van der Waals surface area contributed by atoms with Crippen molar-refractivity contribution in [3.05, 3.63) is 48.0 Å². The molecule has 1 saturated heterocycles. The Kier molecular flexibility index (Phi) is 7.35. The topological polar surface area (TPSA) is 45.7 Å². The largest absolute Gasteiger partial charge is 0.497 e. The highest BCUT2D eigenvalue weighted by atomic mass is 32.2. The lowest BCUT2D eigenvalue weighted by Gasteiger charge is -2.34. The van der Waals surface area contributed by atoms with Gasteiger partial charge in [0.15, 0.2) is 5.13 Å². The van der Waals surface area contributed by atoms with E-state index in [1.807, 2.05) is 17.0 Å². The van der Waals surface area contributed by atoms with Gasteiger partial charge in [0.05, 0.1) is 17.3 Å². The lowest BCUT2D eigenvalue weighted by atomic mass is 10.1. The van der Waals surface area contributed by atoms with Crippen LogP contribution in [0.25, 0.3) is 10.2 Å². The molecule has 0 unspecified atom stereocenters. The molecule has 4 rings (SSSR count). The molecule has 1 fully saturated rings. The maximum Gasteiger partial charge on any atom is 0.222 e. The number of thiazole rings is 1. The number of ether oxygens (including phenoxy) is 1. The van der Waals surface area contributed by atoms with Crippen molar-refractivity contribution in [2.45, 2.75) is 31.1 Å². The highest BCUT2D eigenvalue weighted by Gasteiger charge is 2.23. The highest BCUT2D eigenvalue weighted by Crippen LogP contribution is 2.31. The van der Waals surface area contributed by atoms with Crippen LogP contribution in [0.5, 0.6) is 5.75 Å². The fourth-order valence-electron chi connectivity index (χ4n) is 3.81. The number of methoxy groups -OCH3 is 1. The van der Waals surface area contributed by atoms with Gasteiger partial charge in [0, 0.05) is 37.5 Å². The number of aryl methyl sites for hydroxylation is 1. The quantitative estimate of drug-likeness (QED) is 0.350. The lowest BCUT2D eigenvalue weighted by molar-refractivity contribution is -0.131. The Bertz CT molecular complexity index is 1010. The molecule has 0 N–H and O–H groups in total. The van der Waals surface area contributed by atoms with Crippen LogP contribution in [0, 0.1) is 0 Å². The number of hydrogen-bond donors (Lipinski definition) is 0. The second-order valence-electron chi connectivity index (χ2n) is 7.61. The van der Waals surface area contributed by atoms with Crippen molar-refractivity contribution in [1.29, 1.82) is 0 Å². The Labute approximate surface area is 192 Å². The predicted octanol–water partition coefficient (Wildman–Crippen LogP) is 5.09. The number of fused-ring (bicyclic) bond motifs is 1. The van der Waals surface area contributed by atoms with Crippen LogP contribution in [0.15, 0.2) is 47.4 Å². The number of para-hydroxylation sites is 1. The number of carbonyl (C=O) groups excluding carboxylic acids is 1. The van der Waals surface area contributed by atoms with E-state index in [0.29, 0.717) is 6.42 Å². The zero-order valence-corrected chi connectivity index (χ0v) is 19.8. The molecule has 2 heterocycles. The number of aromatic nitrogens is 1. The molecule has 0 aliphatic carbocycles. The van der Waals surface area contributed by atoms with Crippen LogP contribution >= 0.6 is 23.1 Å². The summed E-state index contributed by atoms with van der Waals surface area (Å²) in [5, 5.41) is 1.08. The second-order valence-corrected chi connectivity index (χ2v) is 9.79. The van der Waals surface area contributed by atoms with E-state index in [1.165, 1.54) is 15.2 Å². The summed E-state index contributed by atoms with van der Waals surface area (Å²) in [6, 6.07) is 14.5. The van der Waals surface area contributed by atoms with Crippen molar-refractivity contribution in [2.24, 2.45) is 0 Å². The van der Waals surface area contributed by atoms with Gasteiger partial charge < -0.3 is 14.5 Å². The van der Waals surface area contributed by atoms with Crippen LogP contribution in [0.3, 0.4) is 0 Å². The fourth-order valence-corrected chi connectivity index (χ4v) is 5.72. The zero-order valence-electron chi connectivity index (χ0n) is 18.2. The van der Waals surface area contributed by atoms with Gasteiger partial charge in [-0.15, -0.1) is 11.8 Å². The van der Waals surface area contributed by atoms with E-state index in [9.17, 15) is 4.79 Å². The van der Waals surface area contributed by atoms with Gasteiger partial charge in [0.1, 0.15) is 5.75 Å². The van der Waals surface area contributed by atoms with Gasteiger partial charge >= 0.3 is 0 Å². The SMILES string of the molecule is CCc1cccc2sc(N3CCN(C(=O)CCCSc4ccc(OC)cc4)CC3)nc12. The molecular weight excluding hydrogens is 426 g/mol. The average molecular weight is 456 g/mol. The van der Waals surface area contributed by atoms with Gasteiger partial charge in [-0.05, 0) is 54.5 Å². The van der Waals surface area contributed by atoms with E-state index >= 15 is 0 Å². The third kappa shape index (κ3) is 5.33. The van der Waals surface area contributed by atoms with Crippen molar-refractivity contribution in [2.75, 3.05) is 43.9 Å². The summed E-state index contributed by atoms with van der Waals surface area (Å²) in [7, 11) is 1.68. The number of hydrogen-bond acceptors (Lipinski definition) is 6. The molecule has 0 saturated carbocycles. The average Bonchev–Trinajstić information content (AvgIpc) is 3.27. The van der Waals surface area contributed by atoms with Gasteiger partial charge in [-0.25, -0.2) is 4.98 Å². The maximum absolute atomic E-state index is 12.6. The molecule has 7 heteroatoms. The molecule has 1 aliphatic heterocycles. The van der Waals surface area contributed by atoms with Crippen LogP contribution in [-0.2, 0) is 11.2 Å². The number of benzene rings is 2. The number of anilines is 1. The number of amides is 1. The maximum atomic E-state index is 12.6. The molecule has 5 nitrogen and oxygen atoms in total. The van der Waals surface area contributed by atoms with Crippen molar-refractivity contribution >= 4 is 44.4 Å². The van der Waals surface area contributed by atoms with E-state index in [0.717, 1.165) is 61.2 Å². The summed E-state index contributed by atoms with van der Waals surface area (Å²) in [6.07, 6.45) is 2.51. The van der Waals surface area contributed by atoms with Crippen LogP contribution in [-0.4, -0.2) is 54.8 Å². The Morgan fingerprint density at radius 3 is 2.61 bits per heavy atom. The summed E-state index contributed by atoms with van der Waals surface area (Å²) < 4.78 is 6.44. The molecule has 3 aromatic rings. The van der Waals surface area contributed by atoms with Crippen molar-refractivity contribution in [3.63, 3.8) is 0 Å². The van der Waals surface area contributed by atoms with Gasteiger partial charge in [-0.1, -0.05) is 30.4 Å². The van der Waals surface area contributed by atoms with E-state index in [1.54, 1.807) is 30.2 Å². The smallest absolute Gasteiger partial charge is 0.222 e. The Balaban J connectivity index is 1.22. The monoisotopic (exact) mass is 455 g/mol. The Morgan fingerprint density at radius 2 is 1.90 bits per heavy atom. The van der Waals surface area contributed by atoms with Gasteiger partial charge in [0.25, 0.3) is 0 Å². The van der Waals surface area contributed by atoms with E-state index < -0.39 is 0 Å². The number of rotatable bonds is 8. The first-order valence-corrected chi connectivity index (χ1v) is 12.7. The third-order valence-corrected chi connectivity index (χ3v) is 7.82. The number of nitrogens with zero attached hydrogens (tertiary/aromatic N) is 3. The molecular formula is C24H29N3O2S2. The van der Waals surface area contributed by atoms with E-state index in [4.69, 9.17) is 9.72 Å². The van der Waals surface area contributed by atoms with Gasteiger partial charge in [0.2, 0.25) is 5.91 Å². The van der Waals surface area contributed by atoms with Gasteiger partial charge in [-0.2, -0.15) is 0 Å². The van der Waals surface area contributed by atoms with Crippen LogP contribution in [0.2, 0.25) is 0 Å². The van der Waals surface area contributed by atoms with Crippen molar-refractivity contribution in [3.8, 4) is 5.75 Å². The van der Waals surface area contributed by atoms with Crippen LogP contribution in [0.4, 0.5) is 5.13 Å². The molecule has 164 valence electrons. The fraction of sp³-hybridized carbons (Fsp3) is 0.417. The summed E-state index contributed by atoms with van der Waals surface area (Å²) in [5.74, 6) is 2.09. The number of piperazine rings is 1. The molecule has 1 aliphatic rings. The standard InChI is InChI=1S/C24H29N3O2S2/c1-3-18-6-4-7-21-23(18)25-24(31-21)27-15-13-26(14-16-27)22(28)8-5-17-30-20-11-9-19(29-2)10-12-20/h4,6-7,9-12H,3,5,8,13-17H2,1-2H3. The van der Waals surface area contributed by atoms with Crippen LogP contribution < -0.4 is 9.64 Å². The summed E-state index contributed by atoms with van der Waals surface area (Å²) in [6.45, 7) is 5.44. The second kappa shape index (κ2) is 10.4. The van der Waals surface area contributed by atoms with Crippen molar-refractivity contribution in [1.82, 2.24) is 9.88 Å². The lowest BCUT2D eigenvalue weighted by Crippen LogP contribution is -2.48. The zero-order chi connectivity index (χ0) is 21.6. The van der Waals surface area contributed by atoms with Crippen molar-refractivity contribution < 1.29 is 9.53 Å². The molecule has 0 bridgehead atoms. The Hall–Kier alpha value is -2.25. The molecule has 0 radical (unpaired) electrons. The minimum absolute atomic E-state index is 0.271. The predicted molar refractivity (Wildman–Crippen MR) is 131 cm³/mol. The first kappa shape index (κ1) is 22.0. The first-order chi connectivity index (χ1) is 15.2. The summed E-state index contributed by atoms with van der Waals surface area (Å²) in [4.78, 5) is 23.1. The minimum Gasteiger partial charge on any atom is -0.497 e. The van der Waals surface area contributed by atoms with E-state index in [-0.39, 0.29) is 5.91 Å². The highest BCUT2D eigenvalue weighted by molar-refractivity contribution is 7.99. The molecule has 1 amide bonds. The summed E-state index contributed by atoms with van der Waals surface area (Å²) >= 11 is 3.55. The number of carbonyl (C=O) groups is 1.